The van der Waals surface area contributed by atoms with Crippen LogP contribution in [0.15, 0.2) is 23.8 Å². The molecule has 3 saturated carbocycles. The largest absolute Gasteiger partial charge is 0.462 e. The second kappa shape index (κ2) is 10.7. The molecule has 3 fully saturated rings. The van der Waals surface area contributed by atoms with E-state index in [0.29, 0.717) is 36.0 Å². The first-order chi connectivity index (χ1) is 17.8. The first kappa shape index (κ1) is 29.4. The Morgan fingerprint density at radius 3 is 2.29 bits per heavy atom. The predicted molar refractivity (Wildman–Crippen MR) is 150 cm³/mol. The number of esters is 2. The van der Waals surface area contributed by atoms with Gasteiger partial charge in [0.15, 0.2) is 0 Å². The minimum Gasteiger partial charge on any atom is -0.462 e. The van der Waals surface area contributed by atoms with Crippen LogP contribution in [0.3, 0.4) is 0 Å². The number of ether oxygens (including phenoxy) is 2. The van der Waals surface area contributed by atoms with Crippen LogP contribution in [0.25, 0.3) is 0 Å². The highest BCUT2D eigenvalue weighted by Crippen LogP contribution is 2.68. The van der Waals surface area contributed by atoms with Gasteiger partial charge >= 0.3 is 11.9 Å². The van der Waals surface area contributed by atoms with E-state index in [-0.39, 0.29) is 29.4 Å². The Labute approximate surface area is 230 Å². The Kier molecular flexibility index (Phi) is 8.30. The molecule has 10 atom stereocenters. The van der Waals surface area contributed by atoms with Crippen LogP contribution in [-0.4, -0.2) is 34.9 Å². The first-order valence-electron chi connectivity index (χ1n) is 15.2. The maximum absolute atomic E-state index is 12.3. The molecule has 4 rings (SSSR count). The fourth-order valence-corrected chi connectivity index (χ4v) is 9.33. The lowest BCUT2D eigenvalue weighted by Crippen LogP contribution is -2.66. The third-order valence-electron chi connectivity index (χ3n) is 11.5. The molecule has 0 heterocycles. The molecular weight excluding hydrogens is 476 g/mol. The van der Waals surface area contributed by atoms with Crippen LogP contribution in [0.1, 0.15) is 107 Å². The molecule has 214 valence electrons. The van der Waals surface area contributed by atoms with Crippen molar-refractivity contribution in [2.45, 2.75) is 125 Å². The maximum Gasteiger partial charge on any atom is 0.303 e. The Hall–Kier alpha value is -1.62. The molecule has 4 aliphatic rings. The number of hydrogen-bond donors (Lipinski definition) is 1. The van der Waals surface area contributed by atoms with E-state index in [9.17, 15) is 14.7 Å². The number of carbonyl (C=O) groups is 2. The van der Waals surface area contributed by atoms with Crippen LogP contribution in [-0.2, 0) is 19.1 Å². The van der Waals surface area contributed by atoms with Gasteiger partial charge in [0, 0.05) is 25.7 Å². The number of allylic oxidation sites excluding steroid dienone is 3. The Morgan fingerprint density at radius 1 is 1.00 bits per heavy atom. The Bertz CT molecular complexity index is 966. The summed E-state index contributed by atoms with van der Waals surface area (Å²) >= 11 is 0. The van der Waals surface area contributed by atoms with Crippen molar-refractivity contribution in [3.63, 3.8) is 0 Å². The van der Waals surface area contributed by atoms with Crippen molar-refractivity contribution in [1.29, 1.82) is 0 Å². The van der Waals surface area contributed by atoms with Crippen LogP contribution in [0.5, 0.6) is 0 Å². The van der Waals surface area contributed by atoms with Gasteiger partial charge in [-0.05, 0) is 91.9 Å². The number of hydrogen-bond acceptors (Lipinski definition) is 5. The minimum absolute atomic E-state index is 0.202. The molecule has 0 spiro atoms. The summed E-state index contributed by atoms with van der Waals surface area (Å²) in [4.78, 5) is 23.9. The standard InChI is InChI=1S/C33H52O5/c1-9-24(20(2)3)11-10-21(4)27-12-13-28-26-18-30(38-23(6)35)33(36)19-25(37-22(5)34)14-17-32(33,8)29(26)15-16-31(27,28)7/h10-11,18,20-21,24-25,27-30,36H,9,12-17,19H2,1-8H3/b11-10+/t21-,24-,25+,27-,28+,29+,30-,31-,32-,33+/m1/s1. The smallest absolute Gasteiger partial charge is 0.303 e. The Balaban J connectivity index is 1.66. The monoisotopic (exact) mass is 528 g/mol. The molecule has 0 unspecified atom stereocenters. The van der Waals surface area contributed by atoms with Gasteiger partial charge in [-0.1, -0.05) is 59.3 Å². The van der Waals surface area contributed by atoms with E-state index >= 15 is 0 Å². The molecule has 5 nitrogen and oxygen atoms in total. The van der Waals surface area contributed by atoms with Crippen molar-refractivity contribution in [2.75, 3.05) is 0 Å². The van der Waals surface area contributed by atoms with E-state index in [1.807, 2.05) is 0 Å². The average Bonchev–Trinajstić information content (AvgIpc) is 3.17. The number of aliphatic hydroxyl groups is 1. The lowest BCUT2D eigenvalue weighted by molar-refractivity contribution is -0.225. The molecule has 0 radical (unpaired) electrons. The first-order valence-corrected chi connectivity index (χ1v) is 15.2. The number of carbonyl (C=O) groups excluding carboxylic acids is 2. The van der Waals surface area contributed by atoms with E-state index in [0.717, 1.165) is 32.1 Å². The van der Waals surface area contributed by atoms with E-state index in [1.54, 1.807) is 0 Å². The molecule has 5 heteroatoms. The molecular formula is C33H52O5. The lowest BCUT2D eigenvalue weighted by Gasteiger charge is -2.62. The molecule has 1 N–H and O–H groups in total. The number of fused-ring (bicyclic) bond motifs is 5. The van der Waals surface area contributed by atoms with Gasteiger partial charge in [0.2, 0.25) is 0 Å². The van der Waals surface area contributed by atoms with Crippen LogP contribution in [0.2, 0.25) is 0 Å². The van der Waals surface area contributed by atoms with Gasteiger partial charge in [-0.25, -0.2) is 0 Å². The van der Waals surface area contributed by atoms with Crippen LogP contribution in [0, 0.1) is 46.3 Å². The fourth-order valence-electron chi connectivity index (χ4n) is 9.33. The second-order valence-corrected chi connectivity index (χ2v) is 13.9. The van der Waals surface area contributed by atoms with Crippen molar-refractivity contribution in [1.82, 2.24) is 0 Å². The van der Waals surface area contributed by atoms with Crippen molar-refractivity contribution >= 4 is 11.9 Å². The SMILES string of the molecule is CC[C@H](/C=C/[C@@H](C)[C@H]1CC[C@H]2C3=C[C@@H](OC(C)=O)[C@@]4(O)C[C@@H](OC(C)=O)CC[C@]4(C)[C@H]3CC[C@]12C)C(C)C. The van der Waals surface area contributed by atoms with Gasteiger partial charge in [-0.2, -0.15) is 0 Å². The maximum atomic E-state index is 12.3. The summed E-state index contributed by atoms with van der Waals surface area (Å²) < 4.78 is 11.4. The summed E-state index contributed by atoms with van der Waals surface area (Å²) in [6.07, 6.45) is 13.5. The van der Waals surface area contributed by atoms with Crippen molar-refractivity contribution in [3.8, 4) is 0 Å². The highest BCUT2D eigenvalue weighted by Gasteiger charge is 2.66. The molecule has 0 aromatic rings. The van der Waals surface area contributed by atoms with Crippen molar-refractivity contribution in [3.05, 3.63) is 23.8 Å². The normalized spacial score (nSPS) is 42.1. The third kappa shape index (κ3) is 4.90. The number of rotatable bonds is 7. The van der Waals surface area contributed by atoms with Gasteiger partial charge in [-0.15, -0.1) is 0 Å². The quantitative estimate of drug-likeness (QED) is 0.284. The van der Waals surface area contributed by atoms with E-state index in [2.05, 4.69) is 59.8 Å². The molecule has 0 amide bonds. The van der Waals surface area contributed by atoms with Gasteiger partial charge < -0.3 is 14.6 Å². The summed E-state index contributed by atoms with van der Waals surface area (Å²) in [5, 5.41) is 12.3. The highest BCUT2D eigenvalue weighted by atomic mass is 16.6. The summed E-state index contributed by atoms with van der Waals surface area (Å²) in [6, 6.07) is 0. The summed E-state index contributed by atoms with van der Waals surface area (Å²) in [6.45, 7) is 16.8. The second-order valence-electron chi connectivity index (χ2n) is 13.9. The van der Waals surface area contributed by atoms with Crippen molar-refractivity contribution in [2.24, 2.45) is 46.3 Å². The molecule has 0 aliphatic heterocycles. The third-order valence-corrected chi connectivity index (χ3v) is 11.5. The minimum atomic E-state index is -1.25. The van der Waals surface area contributed by atoms with E-state index in [4.69, 9.17) is 9.47 Å². The zero-order chi connectivity index (χ0) is 28.0. The van der Waals surface area contributed by atoms with E-state index in [1.165, 1.54) is 32.3 Å². The summed E-state index contributed by atoms with van der Waals surface area (Å²) in [7, 11) is 0. The molecule has 0 aromatic carbocycles. The van der Waals surface area contributed by atoms with Crippen molar-refractivity contribution < 1.29 is 24.2 Å². The highest BCUT2D eigenvalue weighted by molar-refractivity contribution is 5.67. The molecule has 38 heavy (non-hydrogen) atoms. The van der Waals surface area contributed by atoms with Gasteiger partial charge in [-0.3, -0.25) is 9.59 Å². The van der Waals surface area contributed by atoms with Gasteiger partial charge in [0.25, 0.3) is 0 Å². The van der Waals surface area contributed by atoms with Crippen LogP contribution in [0.4, 0.5) is 0 Å². The molecule has 4 aliphatic carbocycles. The zero-order valence-electron chi connectivity index (χ0n) is 25.1. The predicted octanol–water partition coefficient (Wildman–Crippen LogP) is 7.03. The topological polar surface area (TPSA) is 72.8 Å². The summed E-state index contributed by atoms with van der Waals surface area (Å²) in [5.74, 6) is 2.42. The van der Waals surface area contributed by atoms with Gasteiger partial charge in [0.05, 0.1) is 0 Å². The zero-order valence-corrected chi connectivity index (χ0v) is 25.1. The fraction of sp³-hybridized carbons (Fsp3) is 0.818. The molecule has 0 aromatic heterocycles. The van der Waals surface area contributed by atoms with Gasteiger partial charge in [0.1, 0.15) is 17.8 Å². The Morgan fingerprint density at radius 2 is 1.68 bits per heavy atom. The molecule has 0 bridgehead atoms. The molecule has 0 saturated heterocycles. The van der Waals surface area contributed by atoms with Crippen LogP contribution < -0.4 is 0 Å². The average molecular weight is 529 g/mol. The van der Waals surface area contributed by atoms with Crippen LogP contribution >= 0.6 is 0 Å². The summed E-state index contributed by atoms with van der Waals surface area (Å²) in [5.41, 5.74) is -0.0632. The van der Waals surface area contributed by atoms with E-state index < -0.39 is 17.1 Å². The lowest BCUT2D eigenvalue weighted by atomic mass is 9.45.